The molecule has 4 nitrogen and oxygen atoms in total. The van der Waals surface area contributed by atoms with Crippen LogP contribution in [0.4, 0.5) is 0 Å². The molecule has 21 heavy (non-hydrogen) atoms. The predicted molar refractivity (Wildman–Crippen MR) is 86.9 cm³/mol. The molecule has 0 spiro atoms. The fraction of sp³-hybridized carbons (Fsp3) is 0.467. The van der Waals surface area contributed by atoms with Crippen LogP contribution in [0.3, 0.4) is 0 Å². The Morgan fingerprint density at radius 3 is 2.57 bits per heavy atom. The molecule has 1 amide bonds. The van der Waals surface area contributed by atoms with E-state index >= 15 is 0 Å². The van der Waals surface area contributed by atoms with Crippen LogP contribution < -0.4 is 0 Å². The number of rotatable bonds is 4. The molecular weight excluding hydrogens is 402 g/mol. The average Bonchev–Trinajstić information content (AvgIpc) is 2.70. The van der Waals surface area contributed by atoms with E-state index in [1.54, 1.807) is 4.90 Å². The molecule has 1 aliphatic heterocycles. The number of carboxylic acids is 1. The highest BCUT2D eigenvalue weighted by atomic mass is 79.9. The summed E-state index contributed by atoms with van der Waals surface area (Å²) in [6.45, 7) is 4.62. The summed E-state index contributed by atoms with van der Waals surface area (Å²) >= 11 is 6.84. The Morgan fingerprint density at radius 2 is 2.05 bits per heavy atom. The minimum Gasteiger partial charge on any atom is -0.481 e. The maximum absolute atomic E-state index is 12.2. The number of carbonyl (C=O) groups is 2. The van der Waals surface area contributed by atoms with Gasteiger partial charge in [-0.25, -0.2) is 0 Å². The quantitative estimate of drug-likeness (QED) is 0.807. The van der Waals surface area contributed by atoms with Crippen molar-refractivity contribution in [2.45, 2.75) is 26.3 Å². The van der Waals surface area contributed by atoms with E-state index in [1.807, 2.05) is 32.0 Å². The van der Waals surface area contributed by atoms with Crippen LogP contribution in [0.1, 0.15) is 31.9 Å². The maximum Gasteiger partial charge on any atom is 0.309 e. The molecule has 0 saturated carbocycles. The highest BCUT2D eigenvalue weighted by molar-refractivity contribution is 9.13. The number of aliphatic carboxylic acids is 1. The van der Waals surface area contributed by atoms with Gasteiger partial charge in [-0.05, 0) is 55.5 Å². The largest absolute Gasteiger partial charge is 0.481 e. The van der Waals surface area contributed by atoms with Crippen LogP contribution in [-0.4, -0.2) is 28.4 Å². The van der Waals surface area contributed by atoms with E-state index in [4.69, 9.17) is 0 Å². The Hall–Kier alpha value is -0.880. The van der Waals surface area contributed by atoms with E-state index in [0.29, 0.717) is 12.5 Å². The van der Waals surface area contributed by atoms with Crippen LogP contribution in [0.15, 0.2) is 27.1 Å². The van der Waals surface area contributed by atoms with Crippen molar-refractivity contribution in [3.05, 3.63) is 32.7 Å². The minimum atomic E-state index is -0.918. The van der Waals surface area contributed by atoms with Crippen LogP contribution in [-0.2, 0) is 9.59 Å². The molecule has 1 aromatic rings. The molecule has 1 N–H and O–H groups in total. The van der Waals surface area contributed by atoms with Crippen molar-refractivity contribution in [3.8, 4) is 0 Å². The van der Waals surface area contributed by atoms with Gasteiger partial charge in [0.25, 0.3) is 0 Å². The van der Waals surface area contributed by atoms with Crippen molar-refractivity contribution in [2.24, 2.45) is 11.8 Å². The molecule has 1 saturated heterocycles. The first-order valence-electron chi connectivity index (χ1n) is 6.78. The monoisotopic (exact) mass is 417 g/mol. The Balaban J connectivity index is 2.43. The van der Waals surface area contributed by atoms with Gasteiger partial charge < -0.3 is 10.0 Å². The summed E-state index contributed by atoms with van der Waals surface area (Å²) in [5.41, 5.74) is 0.851. The smallest absolute Gasteiger partial charge is 0.309 e. The van der Waals surface area contributed by atoms with Crippen molar-refractivity contribution in [1.29, 1.82) is 0 Å². The van der Waals surface area contributed by atoms with Gasteiger partial charge in [-0.15, -0.1) is 0 Å². The van der Waals surface area contributed by atoms with Crippen molar-refractivity contribution in [2.75, 3.05) is 6.54 Å². The lowest BCUT2D eigenvalue weighted by molar-refractivity contribution is -0.142. The minimum absolute atomic E-state index is 0.0698. The van der Waals surface area contributed by atoms with Gasteiger partial charge in [-0.1, -0.05) is 19.9 Å². The molecule has 0 aromatic heterocycles. The zero-order chi connectivity index (χ0) is 15.7. The second-order valence-corrected chi connectivity index (χ2v) is 7.42. The second kappa shape index (κ2) is 6.48. The van der Waals surface area contributed by atoms with E-state index in [-0.39, 0.29) is 12.3 Å². The van der Waals surface area contributed by atoms with E-state index in [1.165, 1.54) is 0 Å². The maximum atomic E-state index is 12.2. The molecule has 0 aliphatic carbocycles. The van der Waals surface area contributed by atoms with Crippen molar-refractivity contribution < 1.29 is 14.7 Å². The van der Waals surface area contributed by atoms with Gasteiger partial charge in [0.15, 0.2) is 0 Å². The third-order valence-corrected chi connectivity index (χ3v) is 5.48. The Morgan fingerprint density at radius 1 is 1.38 bits per heavy atom. The van der Waals surface area contributed by atoms with Gasteiger partial charge in [0.1, 0.15) is 0 Å². The number of carboxylic acid groups (broad SMARTS) is 1. The summed E-state index contributed by atoms with van der Waals surface area (Å²) in [5, 5.41) is 9.44. The first-order valence-corrected chi connectivity index (χ1v) is 8.37. The highest BCUT2D eigenvalue weighted by Crippen LogP contribution is 2.40. The lowest BCUT2D eigenvalue weighted by Crippen LogP contribution is -2.33. The summed E-state index contributed by atoms with van der Waals surface area (Å²) < 4.78 is 1.76. The number of carbonyl (C=O) groups excluding carboxylic acids is 1. The molecule has 1 aliphatic rings. The van der Waals surface area contributed by atoms with Crippen LogP contribution >= 0.6 is 31.9 Å². The first-order chi connectivity index (χ1) is 9.81. The molecule has 1 heterocycles. The zero-order valence-corrected chi connectivity index (χ0v) is 15.0. The zero-order valence-electron chi connectivity index (χ0n) is 11.8. The van der Waals surface area contributed by atoms with Gasteiger partial charge in [0.05, 0.1) is 12.0 Å². The number of halogens is 2. The van der Waals surface area contributed by atoms with Gasteiger partial charge >= 0.3 is 5.97 Å². The molecule has 1 aromatic carbocycles. The fourth-order valence-electron chi connectivity index (χ4n) is 2.73. The van der Waals surface area contributed by atoms with Crippen LogP contribution in [0.5, 0.6) is 0 Å². The van der Waals surface area contributed by atoms with E-state index < -0.39 is 17.9 Å². The molecule has 6 heteroatoms. The molecule has 0 bridgehead atoms. The highest BCUT2D eigenvalue weighted by Gasteiger charge is 2.44. The third-order valence-electron chi connectivity index (χ3n) is 3.60. The first kappa shape index (κ1) is 16.5. The fourth-order valence-corrected chi connectivity index (χ4v) is 3.37. The second-order valence-electron chi connectivity index (χ2n) is 5.71. The lowest BCUT2D eigenvalue weighted by Gasteiger charge is -2.29. The number of amides is 1. The molecule has 1 fully saturated rings. The van der Waals surface area contributed by atoms with Gasteiger partial charge in [-0.2, -0.15) is 0 Å². The number of hydrogen-bond acceptors (Lipinski definition) is 2. The third kappa shape index (κ3) is 3.48. The molecule has 114 valence electrons. The lowest BCUT2D eigenvalue weighted by atomic mass is 9.93. The van der Waals surface area contributed by atoms with Crippen LogP contribution in [0, 0.1) is 11.8 Å². The number of hydrogen-bond donors (Lipinski definition) is 1. The van der Waals surface area contributed by atoms with Crippen molar-refractivity contribution in [1.82, 2.24) is 4.90 Å². The SMILES string of the molecule is CC(C)CN1C(=O)CC(C(=O)O)C1c1ccc(Br)c(Br)c1. The van der Waals surface area contributed by atoms with Crippen LogP contribution in [0.25, 0.3) is 0 Å². The average molecular weight is 419 g/mol. The summed E-state index contributed by atoms with van der Waals surface area (Å²) in [6.07, 6.45) is 0.0698. The summed E-state index contributed by atoms with van der Waals surface area (Å²) in [4.78, 5) is 25.4. The predicted octanol–water partition coefficient (Wildman–Crippen LogP) is 3.84. The van der Waals surface area contributed by atoms with E-state index in [9.17, 15) is 14.7 Å². The number of benzene rings is 1. The number of nitrogens with zero attached hydrogens (tertiary/aromatic N) is 1. The molecular formula is C15H17Br2NO3. The Bertz CT molecular complexity index is 574. The normalized spacial score (nSPS) is 22.1. The molecule has 2 atom stereocenters. The summed E-state index contributed by atoms with van der Waals surface area (Å²) in [6, 6.07) is 5.23. The van der Waals surface area contributed by atoms with Crippen molar-refractivity contribution >= 4 is 43.7 Å². The van der Waals surface area contributed by atoms with Crippen molar-refractivity contribution in [3.63, 3.8) is 0 Å². The molecule has 2 rings (SSSR count). The van der Waals surface area contributed by atoms with Gasteiger partial charge in [0.2, 0.25) is 5.91 Å². The van der Waals surface area contributed by atoms with E-state index in [2.05, 4.69) is 31.9 Å². The Kier molecular flexibility index (Phi) is 5.09. The standard InChI is InChI=1S/C15H17Br2NO3/c1-8(2)7-18-13(19)6-10(15(20)21)14(18)9-3-4-11(16)12(17)5-9/h3-5,8,10,14H,6-7H2,1-2H3,(H,20,21). The van der Waals surface area contributed by atoms with Gasteiger partial charge in [-0.3, -0.25) is 9.59 Å². The topological polar surface area (TPSA) is 57.6 Å². The van der Waals surface area contributed by atoms with Gasteiger partial charge in [0, 0.05) is 21.9 Å². The number of likely N-dealkylation sites (tertiary alicyclic amines) is 1. The summed E-state index contributed by atoms with van der Waals surface area (Å²) in [7, 11) is 0. The molecule has 0 radical (unpaired) electrons. The molecule has 2 unspecified atom stereocenters. The van der Waals surface area contributed by atoms with Crippen LogP contribution in [0.2, 0.25) is 0 Å². The Labute approximate surface area is 140 Å². The summed E-state index contributed by atoms with van der Waals surface area (Å²) in [5.74, 6) is -1.40. The van der Waals surface area contributed by atoms with E-state index in [0.717, 1.165) is 14.5 Å².